The standard InChI is InChI=1S/C16H9BrCl2N2/c17-13-14(10-4-2-1-3-5-10)20-16(21-15(13)19)11-6-8-12(18)9-7-11/h1-9H. The van der Waals surface area contributed by atoms with Crippen molar-refractivity contribution >= 4 is 39.1 Å². The largest absolute Gasteiger partial charge is 0.227 e. The predicted molar refractivity (Wildman–Crippen MR) is 90.6 cm³/mol. The molecule has 3 rings (SSSR count). The first kappa shape index (κ1) is 14.5. The van der Waals surface area contributed by atoms with Crippen molar-refractivity contribution in [1.82, 2.24) is 9.97 Å². The van der Waals surface area contributed by atoms with Crippen LogP contribution in [-0.2, 0) is 0 Å². The van der Waals surface area contributed by atoms with E-state index in [4.69, 9.17) is 23.2 Å². The molecule has 2 aromatic carbocycles. The smallest absolute Gasteiger partial charge is 0.161 e. The van der Waals surface area contributed by atoms with Crippen molar-refractivity contribution < 1.29 is 0 Å². The van der Waals surface area contributed by atoms with Crippen LogP contribution in [0.4, 0.5) is 0 Å². The second kappa shape index (κ2) is 6.14. The number of hydrogen-bond donors (Lipinski definition) is 0. The highest BCUT2D eigenvalue weighted by Gasteiger charge is 2.13. The molecule has 21 heavy (non-hydrogen) atoms. The number of rotatable bonds is 2. The first-order chi connectivity index (χ1) is 10.1. The van der Waals surface area contributed by atoms with E-state index in [1.165, 1.54) is 0 Å². The van der Waals surface area contributed by atoms with Gasteiger partial charge >= 0.3 is 0 Å². The first-order valence-electron chi connectivity index (χ1n) is 6.19. The molecule has 0 amide bonds. The summed E-state index contributed by atoms with van der Waals surface area (Å²) in [5, 5.41) is 1.05. The van der Waals surface area contributed by atoms with Crippen molar-refractivity contribution in [2.75, 3.05) is 0 Å². The summed E-state index contributed by atoms with van der Waals surface area (Å²) in [6.45, 7) is 0. The van der Waals surface area contributed by atoms with Gasteiger partial charge in [-0.05, 0) is 40.2 Å². The molecule has 0 aliphatic carbocycles. The first-order valence-corrected chi connectivity index (χ1v) is 7.74. The molecule has 2 nitrogen and oxygen atoms in total. The van der Waals surface area contributed by atoms with Gasteiger partial charge in [-0.25, -0.2) is 9.97 Å². The Labute approximate surface area is 140 Å². The average Bonchev–Trinajstić information content (AvgIpc) is 2.51. The summed E-state index contributed by atoms with van der Waals surface area (Å²) >= 11 is 15.6. The lowest BCUT2D eigenvalue weighted by Gasteiger charge is -2.08. The van der Waals surface area contributed by atoms with Crippen molar-refractivity contribution in [3.8, 4) is 22.6 Å². The highest BCUT2D eigenvalue weighted by Crippen LogP contribution is 2.33. The fourth-order valence-corrected chi connectivity index (χ4v) is 2.64. The number of benzene rings is 2. The van der Waals surface area contributed by atoms with Gasteiger partial charge in [-0.1, -0.05) is 53.5 Å². The summed E-state index contributed by atoms with van der Waals surface area (Å²) in [5.74, 6) is 0.568. The molecule has 0 atom stereocenters. The SMILES string of the molecule is Clc1ccc(-c2nc(Cl)c(Br)c(-c3ccccc3)n2)cc1. The molecule has 0 N–H and O–H groups in total. The lowest BCUT2D eigenvalue weighted by Crippen LogP contribution is -1.95. The molecule has 0 aliphatic rings. The third-order valence-electron chi connectivity index (χ3n) is 2.96. The van der Waals surface area contributed by atoms with Gasteiger partial charge in [0.2, 0.25) is 0 Å². The summed E-state index contributed by atoms with van der Waals surface area (Å²) in [7, 11) is 0. The Morgan fingerprint density at radius 3 is 2.10 bits per heavy atom. The van der Waals surface area contributed by atoms with Gasteiger partial charge < -0.3 is 0 Å². The Morgan fingerprint density at radius 2 is 1.43 bits per heavy atom. The Morgan fingerprint density at radius 1 is 0.762 bits per heavy atom. The zero-order valence-corrected chi connectivity index (χ0v) is 13.8. The summed E-state index contributed by atoms with van der Waals surface area (Å²) in [6, 6.07) is 17.2. The van der Waals surface area contributed by atoms with Crippen molar-refractivity contribution in [1.29, 1.82) is 0 Å². The lowest BCUT2D eigenvalue weighted by atomic mass is 10.1. The fraction of sp³-hybridized carbons (Fsp3) is 0. The molecule has 0 spiro atoms. The van der Waals surface area contributed by atoms with E-state index in [0.717, 1.165) is 16.8 Å². The molecule has 0 saturated heterocycles. The summed E-state index contributed by atoms with van der Waals surface area (Å²) < 4.78 is 0.688. The number of aromatic nitrogens is 2. The van der Waals surface area contributed by atoms with E-state index in [1.54, 1.807) is 12.1 Å². The van der Waals surface area contributed by atoms with E-state index in [0.29, 0.717) is 20.5 Å². The van der Waals surface area contributed by atoms with Crippen LogP contribution in [0.25, 0.3) is 22.6 Å². The van der Waals surface area contributed by atoms with Crippen LogP contribution in [0.1, 0.15) is 0 Å². The van der Waals surface area contributed by atoms with Crippen molar-refractivity contribution in [2.45, 2.75) is 0 Å². The minimum Gasteiger partial charge on any atom is -0.227 e. The Bertz CT molecular complexity index is 774. The highest BCUT2D eigenvalue weighted by atomic mass is 79.9. The van der Waals surface area contributed by atoms with Crippen LogP contribution in [0.2, 0.25) is 10.2 Å². The van der Waals surface area contributed by atoms with Crippen LogP contribution in [0, 0.1) is 0 Å². The van der Waals surface area contributed by atoms with Crippen LogP contribution in [0.15, 0.2) is 59.1 Å². The monoisotopic (exact) mass is 378 g/mol. The van der Waals surface area contributed by atoms with Crippen LogP contribution < -0.4 is 0 Å². The second-order valence-electron chi connectivity index (χ2n) is 4.37. The van der Waals surface area contributed by atoms with Gasteiger partial charge in [-0.3, -0.25) is 0 Å². The molecule has 3 aromatic rings. The highest BCUT2D eigenvalue weighted by molar-refractivity contribution is 9.10. The Balaban J connectivity index is 2.16. The van der Waals surface area contributed by atoms with Gasteiger partial charge in [0.1, 0.15) is 5.15 Å². The predicted octanol–water partition coefficient (Wildman–Crippen LogP) is 5.88. The maximum absolute atomic E-state index is 6.23. The number of hydrogen-bond acceptors (Lipinski definition) is 2. The van der Waals surface area contributed by atoms with Crippen molar-refractivity contribution in [3.63, 3.8) is 0 Å². The molecule has 0 aliphatic heterocycles. The van der Waals surface area contributed by atoms with E-state index in [1.807, 2.05) is 42.5 Å². The molecular formula is C16H9BrCl2N2. The lowest BCUT2D eigenvalue weighted by molar-refractivity contribution is 1.16. The third-order valence-corrected chi connectivity index (χ3v) is 4.47. The van der Waals surface area contributed by atoms with Gasteiger partial charge in [-0.15, -0.1) is 0 Å². The van der Waals surface area contributed by atoms with Gasteiger partial charge in [0.25, 0.3) is 0 Å². The van der Waals surface area contributed by atoms with Gasteiger partial charge in [0, 0.05) is 16.1 Å². The van der Waals surface area contributed by atoms with E-state index < -0.39 is 0 Å². The zero-order valence-electron chi connectivity index (χ0n) is 10.7. The molecule has 0 saturated carbocycles. The van der Waals surface area contributed by atoms with E-state index in [2.05, 4.69) is 25.9 Å². The maximum atomic E-state index is 6.23. The Kier molecular flexibility index (Phi) is 4.24. The topological polar surface area (TPSA) is 25.8 Å². The van der Waals surface area contributed by atoms with Crippen LogP contribution in [0.5, 0.6) is 0 Å². The number of halogens is 3. The van der Waals surface area contributed by atoms with Gasteiger partial charge in [-0.2, -0.15) is 0 Å². The molecule has 0 unspecified atom stereocenters. The number of nitrogens with zero attached hydrogens (tertiary/aromatic N) is 2. The molecule has 1 aromatic heterocycles. The molecule has 104 valence electrons. The molecule has 1 heterocycles. The minimum absolute atomic E-state index is 0.383. The summed E-state index contributed by atoms with van der Waals surface area (Å²) in [5.41, 5.74) is 2.61. The maximum Gasteiger partial charge on any atom is 0.161 e. The average molecular weight is 380 g/mol. The van der Waals surface area contributed by atoms with Gasteiger partial charge in [0.05, 0.1) is 10.2 Å². The molecule has 0 bridgehead atoms. The Hall–Kier alpha value is -1.42. The molecule has 0 fully saturated rings. The van der Waals surface area contributed by atoms with Crippen LogP contribution in [-0.4, -0.2) is 9.97 Å². The summed E-state index contributed by atoms with van der Waals surface area (Å²) in [4.78, 5) is 8.94. The summed E-state index contributed by atoms with van der Waals surface area (Å²) in [6.07, 6.45) is 0. The van der Waals surface area contributed by atoms with E-state index in [-0.39, 0.29) is 0 Å². The van der Waals surface area contributed by atoms with Gasteiger partial charge in [0.15, 0.2) is 5.82 Å². The normalized spacial score (nSPS) is 10.6. The fourth-order valence-electron chi connectivity index (χ4n) is 1.94. The third kappa shape index (κ3) is 3.10. The van der Waals surface area contributed by atoms with Crippen LogP contribution >= 0.6 is 39.1 Å². The van der Waals surface area contributed by atoms with Crippen molar-refractivity contribution in [3.05, 3.63) is 69.2 Å². The second-order valence-corrected chi connectivity index (χ2v) is 5.96. The zero-order chi connectivity index (χ0) is 14.8. The quantitative estimate of drug-likeness (QED) is 0.519. The minimum atomic E-state index is 0.383. The molecule has 5 heteroatoms. The van der Waals surface area contributed by atoms with Crippen LogP contribution in [0.3, 0.4) is 0 Å². The van der Waals surface area contributed by atoms with E-state index in [9.17, 15) is 0 Å². The molecule has 0 radical (unpaired) electrons. The molecular weight excluding hydrogens is 371 g/mol. The van der Waals surface area contributed by atoms with Crippen molar-refractivity contribution in [2.24, 2.45) is 0 Å². The van der Waals surface area contributed by atoms with E-state index >= 15 is 0 Å².